The molecule has 1 aromatic heterocycles. The highest BCUT2D eigenvalue weighted by Crippen LogP contribution is 2.55. The molecule has 5 amide bonds. The molecule has 5 heterocycles. The van der Waals surface area contributed by atoms with Crippen molar-refractivity contribution >= 4 is 52.8 Å². The Morgan fingerprint density at radius 1 is 0.933 bits per heavy atom. The first kappa shape index (κ1) is 41.2. The minimum atomic E-state index is -1.04. The summed E-state index contributed by atoms with van der Waals surface area (Å²) in [4.78, 5) is 80.4. The molecular formula is C44H50ClN9O6. The van der Waals surface area contributed by atoms with Crippen LogP contribution in [0.1, 0.15) is 96.6 Å². The summed E-state index contributed by atoms with van der Waals surface area (Å²) in [5, 5.41) is 15.1. The zero-order valence-corrected chi connectivity index (χ0v) is 35.1. The number of benzene rings is 2. The smallest absolute Gasteiger partial charge is 0.281 e. The predicted molar refractivity (Wildman–Crippen MR) is 223 cm³/mol. The van der Waals surface area contributed by atoms with Gasteiger partial charge in [-0.05, 0) is 74.5 Å². The van der Waals surface area contributed by atoms with Crippen LogP contribution >= 0.6 is 11.6 Å². The highest BCUT2D eigenvalue weighted by molar-refractivity contribution is 6.31. The van der Waals surface area contributed by atoms with Gasteiger partial charge in [0.15, 0.2) is 0 Å². The van der Waals surface area contributed by atoms with Crippen LogP contribution in [0.25, 0.3) is 0 Å². The third-order valence-corrected chi connectivity index (χ3v) is 13.5. The number of piperidine rings is 2. The second-order valence-corrected chi connectivity index (χ2v) is 18.2. The molecule has 15 nitrogen and oxygen atoms in total. The van der Waals surface area contributed by atoms with Gasteiger partial charge in [-0.15, -0.1) is 0 Å². The van der Waals surface area contributed by atoms with Crippen LogP contribution < -0.4 is 25.2 Å². The highest BCUT2D eigenvalue weighted by Gasteiger charge is 2.64. The van der Waals surface area contributed by atoms with Crippen molar-refractivity contribution in [1.29, 1.82) is 5.26 Å². The molecule has 0 spiro atoms. The number of nitriles is 1. The number of ether oxygens (including phenoxy) is 1. The number of halogens is 1. The molecule has 4 aliphatic heterocycles. The first-order valence-electron chi connectivity index (χ1n) is 20.7. The number of fused-ring (bicyclic) bond motifs is 1. The maximum atomic E-state index is 13.5. The fraction of sp³-hybridized carbons (Fsp3) is 0.500. The topological polar surface area (TPSA) is 181 Å². The Bertz CT molecular complexity index is 2240. The number of hydrogen-bond acceptors (Lipinski definition) is 12. The van der Waals surface area contributed by atoms with Gasteiger partial charge in [-0.1, -0.05) is 39.3 Å². The van der Waals surface area contributed by atoms with Gasteiger partial charge in [-0.25, -0.2) is 9.97 Å². The summed E-state index contributed by atoms with van der Waals surface area (Å²) in [6, 6.07) is 13.9. The number of nitrogens with one attached hydrogen (secondary N) is 2. The lowest BCUT2D eigenvalue weighted by Crippen LogP contribution is -2.74. The van der Waals surface area contributed by atoms with Gasteiger partial charge in [0.1, 0.15) is 29.7 Å². The molecule has 16 heteroatoms. The predicted octanol–water partition coefficient (Wildman–Crippen LogP) is 4.44. The number of carbonyl (C=O) groups excluding carboxylic acids is 5. The summed E-state index contributed by atoms with van der Waals surface area (Å²) in [6.07, 6.45) is 4.63. The van der Waals surface area contributed by atoms with E-state index < -0.39 is 29.7 Å². The molecule has 3 aromatic rings. The molecule has 4 fully saturated rings. The SMILES string of the molecule is CC1(C)C(NC(=O)c2ccc(N3CCC(CCN4CCN(c5ncc6c(n5)C(=O)N(C5CCC(=O)NC5=O)C6=O)CC4)CC3)cc2)C(C)(C)C1Oc1ccc(C#N)c(Cl)c1. The number of anilines is 2. The molecule has 0 radical (unpaired) electrons. The van der Waals surface area contributed by atoms with Crippen LogP contribution in [0, 0.1) is 28.1 Å². The van der Waals surface area contributed by atoms with E-state index in [1.165, 1.54) is 6.20 Å². The van der Waals surface area contributed by atoms with E-state index in [1.807, 2.05) is 29.2 Å². The first-order valence-corrected chi connectivity index (χ1v) is 21.1. The lowest BCUT2D eigenvalue weighted by molar-refractivity contribution is -0.164. The van der Waals surface area contributed by atoms with Crippen LogP contribution in [0.15, 0.2) is 48.7 Å². The zero-order chi connectivity index (χ0) is 42.5. The number of piperazine rings is 1. The Balaban J connectivity index is 0.769. The summed E-state index contributed by atoms with van der Waals surface area (Å²) >= 11 is 6.25. The van der Waals surface area contributed by atoms with Gasteiger partial charge < -0.3 is 19.9 Å². The average Bonchev–Trinajstić information content (AvgIpc) is 3.49. The van der Waals surface area contributed by atoms with Crippen LogP contribution in [0.5, 0.6) is 5.75 Å². The van der Waals surface area contributed by atoms with Crippen LogP contribution in [-0.2, 0) is 9.59 Å². The van der Waals surface area contributed by atoms with Crippen LogP contribution in [0.4, 0.5) is 11.6 Å². The number of hydrogen-bond donors (Lipinski definition) is 2. The average molecular weight is 836 g/mol. The normalized spacial score (nSPS) is 24.1. The van der Waals surface area contributed by atoms with Crippen molar-refractivity contribution in [1.82, 2.24) is 30.4 Å². The second-order valence-electron chi connectivity index (χ2n) is 17.8. The summed E-state index contributed by atoms with van der Waals surface area (Å²) in [6.45, 7) is 14.3. The third-order valence-electron chi connectivity index (χ3n) is 13.2. The molecule has 8 rings (SSSR count). The van der Waals surface area contributed by atoms with E-state index in [1.54, 1.807) is 18.2 Å². The zero-order valence-electron chi connectivity index (χ0n) is 34.4. The number of imide groups is 2. The van der Waals surface area contributed by atoms with Gasteiger partial charge in [-0.3, -0.25) is 39.1 Å². The van der Waals surface area contributed by atoms with E-state index in [4.69, 9.17) is 16.3 Å². The lowest BCUT2D eigenvalue weighted by atomic mass is 9.49. The minimum absolute atomic E-state index is 0.00304. The first-order chi connectivity index (χ1) is 28.6. The summed E-state index contributed by atoms with van der Waals surface area (Å²) in [5.74, 6) is -0.828. The van der Waals surface area contributed by atoms with Crippen molar-refractivity contribution in [2.75, 3.05) is 55.6 Å². The van der Waals surface area contributed by atoms with Crippen molar-refractivity contribution in [3.8, 4) is 11.8 Å². The van der Waals surface area contributed by atoms with Gasteiger partial charge >= 0.3 is 0 Å². The maximum absolute atomic E-state index is 13.5. The summed E-state index contributed by atoms with van der Waals surface area (Å²) < 4.78 is 6.38. The van der Waals surface area contributed by atoms with E-state index in [9.17, 15) is 29.2 Å². The van der Waals surface area contributed by atoms with E-state index in [2.05, 4.69) is 64.2 Å². The lowest BCUT2D eigenvalue weighted by Gasteiger charge is -2.63. The third kappa shape index (κ3) is 7.67. The number of rotatable bonds is 10. The van der Waals surface area contributed by atoms with Gasteiger partial charge in [0.2, 0.25) is 17.8 Å². The summed E-state index contributed by atoms with van der Waals surface area (Å²) in [5.41, 5.74) is 1.50. The van der Waals surface area contributed by atoms with Crippen molar-refractivity contribution in [3.63, 3.8) is 0 Å². The molecule has 3 saturated heterocycles. The minimum Gasteiger partial charge on any atom is -0.489 e. The molecule has 2 aromatic carbocycles. The Kier molecular flexibility index (Phi) is 11.1. The van der Waals surface area contributed by atoms with Crippen molar-refractivity contribution in [3.05, 3.63) is 76.1 Å². The molecule has 5 aliphatic rings. The van der Waals surface area contributed by atoms with Crippen molar-refractivity contribution in [2.24, 2.45) is 16.7 Å². The molecule has 1 atom stereocenters. The Labute approximate surface area is 354 Å². The number of amides is 5. The molecular weight excluding hydrogens is 786 g/mol. The standard InChI is InChI=1S/C44H50ClN9O6/c1-43(2)40(44(3,4)41(43)60-30-10-7-28(24-46)32(45)23-30)50-36(56)27-5-8-29(9-6-27)52-17-14-26(15-18-52)13-16-51-19-21-53(22-20-51)42-47-25-31-35(49-42)39(59)54(38(31)58)33-11-12-34(55)48-37(33)57/h5-10,23,25-26,33,40-41H,11-22H2,1-4H3,(H,50,56)(H,48,55,57). The van der Waals surface area contributed by atoms with E-state index >= 15 is 0 Å². The van der Waals surface area contributed by atoms with Gasteiger partial charge in [0.05, 0.1) is 16.1 Å². The molecule has 1 saturated carbocycles. The van der Waals surface area contributed by atoms with Gasteiger partial charge in [0.25, 0.3) is 17.7 Å². The monoisotopic (exact) mass is 835 g/mol. The second kappa shape index (κ2) is 16.1. The maximum Gasteiger partial charge on any atom is 0.281 e. The number of carbonyl (C=O) groups is 5. The quantitative estimate of drug-likeness (QED) is 0.275. The fourth-order valence-electron chi connectivity index (χ4n) is 10.0. The fourth-order valence-corrected chi connectivity index (χ4v) is 10.3. The van der Waals surface area contributed by atoms with Crippen LogP contribution in [0.3, 0.4) is 0 Å². The van der Waals surface area contributed by atoms with Crippen molar-refractivity contribution < 1.29 is 28.7 Å². The van der Waals surface area contributed by atoms with Crippen molar-refractivity contribution in [2.45, 2.75) is 78.0 Å². The Morgan fingerprint density at radius 3 is 2.28 bits per heavy atom. The number of aromatic nitrogens is 2. The Morgan fingerprint density at radius 2 is 1.63 bits per heavy atom. The number of nitrogens with zero attached hydrogens (tertiary/aromatic N) is 7. The van der Waals surface area contributed by atoms with Gasteiger partial charge in [0, 0.05) is 86.1 Å². The van der Waals surface area contributed by atoms with Crippen LogP contribution in [0.2, 0.25) is 5.02 Å². The van der Waals surface area contributed by atoms with E-state index in [0.29, 0.717) is 46.9 Å². The van der Waals surface area contributed by atoms with E-state index in [0.717, 1.165) is 62.6 Å². The molecule has 1 aliphatic carbocycles. The van der Waals surface area contributed by atoms with Crippen LogP contribution in [-0.4, -0.2) is 113 Å². The molecule has 60 heavy (non-hydrogen) atoms. The molecule has 2 N–H and O–H groups in total. The molecule has 0 bridgehead atoms. The Hall–Kier alpha value is -5.59. The largest absolute Gasteiger partial charge is 0.489 e. The molecule has 314 valence electrons. The van der Waals surface area contributed by atoms with Gasteiger partial charge in [-0.2, -0.15) is 5.26 Å². The van der Waals surface area contributed by atoms with E-state index in [-0.39, 0.29) is 53.0 Å². The molecule has 1 unspecified atom stereocenters. The summed E-state index contributed by atoms with van der Waals surface area (Å²) in [7, 11) is 0. The highest BCUT2D eigenvalue weighted by atomic mass is 35.5.